The van der Waals surface area contributed by atoms with Crippen molar-refractivity contribution in [3.63, 3.8) is 0 Å². The van der Waals surface area contributed by atoms with Crippen LogP contribution in [0.25, 0.3) is 10.9 Å². The monoisotopic (exact) mass is 451 g/mol. The molecule has 0 bridgehead atoms. The first-order chi connectivity index (χ1) is 15.4. The number of carbonyl (C=O) groups is 1. The molecule has 164 valence electrons. The number of nitro benzene ring substituents is 1. The minimum atomic E-state index is -0.416. The van der Waals surface area contributed by atoms with E-state index in [2.05, 4.69) is 11.6 Å². The van der Waals surface area contributed by atoms with E-state index < -0.39 is 4.92 Å². The Balaban J connectivity index is 1.52. The van der Waals surface area contributed by atoms with E-state index in [1.54, 1.807) is 41.3 Å². The number of non-ortho nitro benzene ring substituents is 1. The van der Waals surface area contributed by atoms with Crippen molar-refractivity contribution in [3.8, 4) is 0 Å². The number of anilines is 1. The average Bonchev–Trinajstić information content (AvgIpc) is 2.81. The van der Waals surface area contributed by atoms with Gasteiger partial charge in [0.15, 0.2) is 4.77 Å². The molecule has 2 heterocycles. The van der Waals surface area contributed by atoms with Gasteiger partial charge in [0.2, 0.25) is 0 Å². The number of hydrogen-bond donors (Lipinski definition) is 1. The van der Waals surface area contributed by atoms with Gasteiger partial charge >= 0.3 is 0 Å². The number of piperazine rings is 1. The summed E-state index contributed by atoms with van der Waals surface area (Å²) in [4.78, 5) is 43.1. The molecule has 1 aliphatic rings. The Morgan fingerprint density at radius 3 is 2.62 bits per heavy atom. The second-order valence-electron chi connectivity index (χ2n) is 7.45. The van der Waals surface area contributed by atoms with Crippen LogP contribution in [0.2, 0.25) is 0 Å². The van der Waals surface area contributed by atoms with E-state index >= 15 is 0 Å². The smallest absolute Gasteiger partial charge is 0.271 e. The van der Waals surface area contributed by atoms with Gasteiger partial charge in [-0.2, -0.15) is 0 Å². The molecule has 9 nitrogen and oxygen atoms in total. The fourth-order valence-corrected chi connectivity index (χ4v) is 4.10. The van der Waals surface area contributed by atoms with Gasteiger partial charge in [-0.1, -0.05) is 12.1 Å². The highest BCUT2D eigenvalue weighted by Crippen LogP contribution is 2.23. The Kier molecular flexibility index (Phi) is 5.87. The normalized spacial score (nSPS) is 13.9. The molecule has 1 aromatic heterocycles. The lowest BCUT2D eigenvalue weighted by atomic mass is 10.1. The van der Waals surface area contributed by atoms with Gasteiger partial charge in [0, 0.05) is 56.1 Å². The largest absolute Gasteiger partial charge is 0.368 e. The fraction of sp³-hybridized carbons (Fsp3) is 0.227. The van der Waals surface area contributed by atoms with Crippen LogP contribution < -0.4 is 10.5 Å². The topological polar surface area (TPSA) is 104 Å². The number of hydrogen-bond acceptors (Lipinski definition) is 6. The Morgan fingerprint density at radius 1 is 1.19 bits per heavy atom. The van der Waals surface area contributed by atoms with Crippen LogP contribution in [-0.4, -0.2) is 51.5 Å². The van der Waals surface area contributed by atoms with Crippen molar-refractivity contribution in [3.05, 3.63) is 85.9 Å². The molecule has 0 aliphatic carbocycles. The minimum absolute atomic E-state index is 0.0432. The lowest BCUT2D eigenvalue weighted by Crippen LogP contribution is -2.48. The van der Waals surface area contributed by atoms with Gasteiger partial charge < -0.3 is 14.8 Å². The number of nitrogens with one attached hydrogen (secondary N) is 1. The lowest BCUT2D eigenvalue weighted by molar-refractivity contribution is -0.384. The van der Waals surface area contributed by atoms with E-state index in [1.165, 1.54) is 10.6 Å². The first-order valence-electron chi connectivity index (χ1n) is 10.1. The van der Waals surface area contributed by atoms with Gasteiger partial charge in [0.25, 0.3) is 17.2 Å². The fourth-order valence-electron chi connectivity index (χ4n) is 3.84. The summed E-state index contributed by atoms with van der Waals surface area (Å²) >= 11 is 5.27. The first-order valence-corrected chi connectivity index (χ1v) is 10.5. The number of benzene rings is 2. The zero-order valence-corrected chi connectivity index (χ0v) is 18.0. The van der Waals surface area contributed by atoms with Crippen molar-refractivity contribution in [2.24, 2.45) is 0 Å². The zero-order valence-electron chi connectivity index (χ0n) is 17.2. The summed E-state index contributed by atoms with van der Waals surface area (Å²) in [5, 5.41) is 11.5. The molecule has 1 fully saturated rings. The Labute approximate surface area is 188 Å². The van der Waals surface area contributed by atoms with Crippen molar-refractivity contribution in [1.29, 1.82) is 0 Å². The Hall–Kier alpha value is -3.79. The first kappa shape index (κ1) is 21.4. The van der Waals surface area contributed by atoms with E-state index in [1.807, 2.05) is 11.0 Å². The molecule has 10 heteroatoms. The van der Waals surface area contributed by atoms with Gasteiger partial charge in [-0.05, 0) is 36.5 Å². The van der Waals surface area contributed by atoms with Gasteiger partial charge in [0.05, 0.1) is 15.8 Å². The highest BCUT2D eigenvalue weighted by Gasteiger charge is 2.23. The van der Waals surface area contributed by atoms with Crippen LogP contribution in [0.1, 0.15) is 10.4 Å². The molecule has 1 aliphatic heterocycles. The molecule has 4 rings (SSSR count). The molecule has 0 spiro atoms. The number of aromatic amines is 1. The van der Waals surface area contributed by atoms with Crippen LogP contribution in [0, 0.1) is 14.9 Å². The van der Waals surface area contributed by atoms with E-state index in [4.69, 9.17) is 12.2 Å². The van der Waals surface area contributed by atoms with Gasteiger partial charge in [-0.25, -0.2) is 0 Å². The number of rotatable bonds is 5. The summed E-state index contributed by atoms with van der Waals surface area (Å²) in [6.07, 6.45) is 1.60. The highest BCUT2D eigenvalue weighted by molar-refractivity contribution is 7.71. The number of nitro groups is 1. The summed E-state index contributed by atoms with van der Waals surface area (Å²) in [6.45, 7) is 6.04. The third-order valence-electron chi connectivity index (χ3n) is 5.51. The Morgan fingerprint density at radius 2 is 1.94 bits per heavy atom. The van der Waals surface area contributed by atoms with E-state index in [0.29, 0.717) is 49.2 Å². The van der Waals surface area contributed by atoms with E-state index in [0.717, 1.165) is 5.69 Å². The molecular weight excluding hydrogens is 430 g/mol. The maximum atomic E-state index is 13.1. The number of aromatic nitrogens is 2. The molecule has 0 radical (unpaired) electrons. The molecule has 2 aromatic carbocycles. The van der Waals surface area contributed by atoms with Crippen LogP contribution in [0.3, 0.4) is 0 Å². The Bertz CT molecular complexity index is 1340. The molecule has 0 unspecified atom stereocenters. The number of carbonyl (C=O) groups excluding carboxylic acids is 1. The van der Waals surface area contributed by atoms with Gasteiger partial charge in [-0.3, -0.25) is 24.3 Å². The second kappa shape index (κ2) is 8.75. The van der Waals surface area contributed by atoms with Crippen molar-refractivity contribution in [2.45, 2.75) is 6.54 Å². The molecule has 1 saturated heterocycles. The number of amides is 1. The van der Waals surface area contributed by atoms with Crippen molar-refractivity contribution in [2.75, 3.05) is 31.1 Å². The second-order valence-corrected chi connectivity index (χ2v) is 7.84. The third-order valence-corrected chi connectivity index (χ3v) is 5.84. The molecule has 0 saturated carbocycles. The number of nitrogens with zero attached hydrogens (tertiary/aromatic N) is 4. The third kappa shape index (κ3) is 4.04. The maximum Gasteiger partial charge on any atom is 0.271 e. The molecule has 0 atom stereocenters. The standard InChI is InChI=1S/C22H21N5O4S/c1-2-8-26-21(29)18-7-6-15(13-19(18)23-22(26)32)20(28)25-11-9-24(10-12-25)16-4-3-5-17(14-16)27(30)31/h2-7,13-14H,1,8-12H2,(H,23,32). The average molecular weight is 452 g/mol. The van der Waals surface area contributed by atoms with Crippen LogP contribution in [0.15, 0.2) is 59.9 Å². The van der Waals surface area contributed by atoms with Crippen LogP contribution in [0.4, 0.5) is 11.4 Å². The maximum absolute atomic E-state index is 13.1. The summed E-state index contributed by atoms with van der Waals surface area (Å²) in [6, 6.07) is 11.4. The summed E-state index contributed by atoms with van der Waals surface area (Å²) < 4.78 is 1.69. The summed E-state index contributed by atoms with van der Waals surface area (Å²) in [7, 11) is 0. The van der Waals surface area contributed by atoms with E-state index in [9.17, 15) is 19.7 Å². The molecular formula is C22H21N5O4S. The van der Waals surface area contributed by atoms with Gasteiger partial charge in [-0.15, -0.1) is 6.58 Å². The quantitative estimate of drug-likeness (QED) is 0.277. The molecule has 1 amide bonds. The predicted molar refractivity (Wildman–Crippen MR) is 125 cm³/mol. The van der Waals surface area contributed by atoms with Crippen molar-refractivity contribution >= 4 is 40.4 Å². The lowest BCUT2D eigenvalue weighted by Gasteiger charge is -2.36. The van der Waals surface area contributed by atoms with Crippen molar-refractivity contribution in [1.82, 2.24) is 14.5 Å². The van der Waals surface area contributed by atoms with E-state index in [-0.39, 0.29) is 21.9 Å². The zero-order chi connectivity index (χ0) is 22.8. The molecule has 1 N–H and O–H groups in total. The van der Waals surface area contributed by atoms with Crippen molar-refractivity contribution < 1.29 is 9.72 Å². The summed E-state index contributed by atoms with van der Waals surface area (Å²) in [5.41, 5.74) is 1.56. The predicted octanol–water partition coefficient (Wildman–Crippen LogP) is 3.12. The molecule has 32 heavy (non-hydrogen) atoms. The number of allylic oxidation sites excluding steroid dienone is 1. The summed E-state index contributed by atoms with van der Waals surface area (Å²) in [5.74, 6) is -0.139. The highest BCUT2D eigenvalue weighted by atomic mass is 32.1. The van der Waals surface area contributed by atoms with Crippen LogP contribution in [0.5, 0.6) is 0 Å². The minimum Gasteiger partial charge on any atom is -0.368 e. The SMILES string of the molecule is C=CCn1c(=S)[nH]c2cc(C(=O)N3CCN(c4cccc([N+](=O)[O-])c4)CC3)ccc2c1=O. The number of fused-ring (bicyclic) bond motifs is 1. The van der Waals surface area contributed by atoms with Crippen LogP contribution in [-0.2, 0) is 6.54 Å². The van der Waals surface area contributed by atoms with Gasteiger partial charge in [0.1, 0.15) is 0 Å². The molecule has 3 aromatic rings. The van der Waals surface area contributed by atoms with Crippen LogP contribution >= 0.6 is 12.2 Å². The number of H-pyrrole nitrogens is 1.